The molecule has 1 rings (SSSR count). The van der Waals surface area contributed by atoms with Crippen LogP contribution in [0.5, 0.6) is 0 Å². The van der Waals surface area contributed by atoms with Gasteiger partial charge in [-0.15, -0.1) is 10.2 Å². The molecule has 0 aliphatic carbocycles. The molecule has 18 heavy (non-hydrogen) atoms. The van der Waals surface area contributed by atoms with E-state index in [-0.39, 0.29) is 6.61 Å². The van der Waals surface area contributed by atoms with Crippen LogP contribution < -0.4 is 0 Å². The normalized spacial score (nSPS) is 12.9. The molecule has 0 amide bonds. The second kappa shape index (κ2) is 7.10. The van der Waals surface area contributed by atoms with Crippen molar-refractivity contribution in [1.82, 2.24) is 14.8 Å². The lowest BCUT2D eigenvalue weighted by Crippen LogP contribution is -2.22. The predicted molar refractivity (Wildman–Crippen MR) is 66.2 cm³/mol. The van der Waals surface area contributed by atoms with Crippen LogP contribution in [-0.2, 0) is 11.2 Å². The molecule has 1 heterocycles. The Morgan fingerprint density at radius 1 is 1.44 bits per heavy atom. The molecule has 0 aliphatic rings. The van der Waals surface area contributed by atoms with E-state index >= 15 is 0 Å². The number of rotatable bonds is 8. The highest BCUT2D eigenvalue weighted by Crippen LogP contribution is 2.19. The van der Waals surface area contributed by atoms with Gasteiger partial charge >= 0.3 is 5.97 Å². The molecule has 6 heteroatoms. The zero-order chi connectivity index (χ0) is 13.5. The van der Waals surface area contributed by atoms with Crippen LogP contribution in [0.15, 0.2) is 6.33 Å². The number of aromatic nitrogens is 3. The van der Waals surface area contributed by atoms with Crippen LogP contribution in [0.4, 0.5) is 0 Å². The molecule has 0 spiro atoms. The lowest BCUT2D eigenvalue weighted by Gasteiger charge is -2.17. The highest BCUT2D eigenvalue weighted by atomic mass is 16.4. The number of carboxylic acid groups (broad SMARTS) is 1. The Labute approximate surface area is 107 Å². The van der Waals surface area contributed by atoms with Crippen molar-refractivity contribution < 1.29 is 15.0 Å². The maximum Gasteiger partial charge on any atom is 0.326 e. The molecule has 0 saturated carbocycles. The molecule has 0 saturated heterocycles. The van der Waals surface area contributed by atoms with Crippen molar-refractivity contribution in [1.29, 1.82) is 0 Å². The van der Waals surface area contributed by atoms with Gasteiger partial charge < -0.3 is 14.8 Å². The Bertz CT molecular complexity index is 376. The zero-order valence-corrected chi connectivity index (χ0v) is 10.9. The Kier molecular flexibility index (Phi) is 5.77. The Hall–Kier alpha value is -1.43. The molecule has 6 nitrogen and oxygen atoms in total. The number of aliphatic hydroxyl groups excluding tert-OH is 1. The molecule has 0 aromatic carbocycles. The van der Waals surface area contributed by atoms with Crippen molar-refractivity contribution in [3.63, 3.8) is 0 Å². The molecule has 0 radical (unpaired) electrons. The average Bonchev–Trinajstić information content (AvgIpc) is 2.74. The van der Waals surface area contributed by atoms with E-state index in [0.29, 0.717) is 31.0 Å². The maximum atomic E-state index is 11.3. The fourth-order valence-corrected chi connectivity index (χ4v) is 1.88. The Morgan fingerprint density at radius 2 is 2.17 bits per heavy atom. The molecule has 0 bridgehead atoms. The number of nitrogens with zero attached hydrogens (tertiary/aromatic N) is 3. The zero-order valence-electron chi connectivity index (χ0n) is 10.9. The molecule has 102 valence electrons. The van der Waals surface area contributed by atoms with Crippen LogP contribution in [-0.4, -0.2) is 37.6 Å². The molecule has 0 aliphatic heterocycles. The van der Waals surface area contributed by atoms with Gasteiger partial charge in [-0.25, -0.2) is 4.79 Å². The summed E-state index contributed by atoms with van der Waals surface area (Å²) in [7, 11) is 0. The van der Waals surface area contributed by atoms with E-state index in [9.17, 15) is 9.90 Å². The topological polar surface area (TPSA) is 88.2 Å². The molecule has 0 fully saturated rings. The van der Waals surface area contributed by atoms with Gasteiger partial charge in [0, 0.05) is 13.0 Å². The lowest BCUT2D eigenvalue weighted by atomic mass is 10.0. The maximum absolute atomic E-state index is 11.3. The van der Waals surface area contributed by atoms with E-state index in [1.165, 1.54) is 6.33 Å². The van der Waals surface area contributed by atoms with Gasteiger partial charge in [0.2, 0.25) is 0 Å². The second-order valence-corrected chi connectivity index (χ2v) is 4.82. The molecule has 2 N–H and O–H groups in total. The number of hydrogen-bond donors (Lipinski definition) is 2. The SMILES string of the molecule is CC(C)CC(C(=O)O)n1cnnc1CCCCO. The first-order valence-electron chi connectivity index (χ1n) is 6.28. The van der Waals surface area contributed by atoms with Gasteiger partial charge in [0.1, 0.15) is 18.2 Å². The summed E-state index contributed by atoms with van der Waals surface area (Å²) in [5.74, 6) is 0.113. The summed E-state index contributed by atoms with van der Waals surface area (Å²) in [6.45, 7) is 4.12. The van der Waals surface area contributed by atoms with Gasteiger partial charge in [-0.05, 0) is 25.2 Å². The van der Waals surface area contributed by atoms with Gasteiger partial charge in [0.15, 0.2) is 0 Å². The van der Waals surface area contributed by atoms with E-state index in [1.807, 2.05) is 13.8 Å². The minimum absolute atomic E-state index is 0.141. The number of unbranched alkanes of at least 4 members (excludes halogenated alkanes) is 1. The summed E-state index contributed by atoms with van der Waals surface area (Å²) in [5, 5.41) is 25.8. The first kappa shape index (κ1) is 14.6. The quantitative estimate of drug-likeness (QED) is 0.683. The third-order valence-electron chi connectivity index (χ3n) is 2.77. The number of aryl methyl sites for hydroxylation is 1. The third-order valence-corrected chi connectivity index (χ3v) is 2.77. The summed E-state index contributed by atoms with van der Waals surface area (Å²) in [6, 6.07) is -0.607. The monoisotopic (exact) mass is 255 g/mol. The smallest absolute Gasteiger partial charge is 0.326 e. The Balaban J connectivity index is 2.78. The molecule has 1 atom stereocenters. The van der Waals surface area contributed by atoms with Crippen molar-refractivity contribution in [2.24, 2.45) is 5.92 Å². The van der Waals surface area contributed by atoms with E-state index in [2.05, 4.69) is 10.2 Å². The molecular weight excluding hydrogens is 234 g/mol. The van der Waals surface area contributed by atoms with Crippen molar-refractivity contribution in [2.45, 2.75) is 45.6 Å². The summed E-state index contributed by atoms with van der Waals surface area (Å²) in [5.41, 5.74) is 0. The van der Waals surface area contributed by atoms with Crippen molar-refractivity contribution in [3.8, 4) is 0 Å². The highest BCUT2D eigenvalue weighted by Gasteiger charge is 2.23. The third kappa shape index (κ3) is 4.10. The van der Waals surface area contributed by atoms with Gasteiger partial charge in [0.05, 0.1) is 0 Å². The number of aliphatic hydroxyl groups is 1. The first-order valence-corrected chi connectivity index (χ1v) is 6.28. The number of hydrogen-bond acceptors (Lipinski definition) is 4. The van der Waals surface area contributed by atoms with Crippen molar-refractivity contribution >= 4 is 5.97 Å². The summed E-state index contributed by atoms with van der Waals surface area (Å²) >= 11 is 0. The van der Waals surface area contributed by atoms with E-state index in [4.69, 9.17) is 5.11 Å². The number of carboxylic acids is 1. The molecule has 1 unspecified atom stereocenters. The first-order chi connectivity index (χ1) is 8.56. The van der Waals surface area contributed by atoms with Crippen molar-refractivity contribution in [3.05, 3.63) is 12.2 Å². The fourth-order valence-electron chi connectivity index (χ4n) is 1.88. The Morgan fingerprint density at radius 3 is 2.72 bits per heavy atom. The summed E-state index contributed by atoms with van der Waals surface area (Å²) in [6.07, 6.45) is 4.15. The van der Waals surface area contributed by atoms with E-state index in [1.54, 1.807) is 4.57 Å². The van der Waals surface area contributed by atoms with Crippen LogP contribution in [0.25, 0.3) is 0 Å². The predicted octanol–water partition coefficient (Wildman–Crippen LogP) is 1.26. The van der Waals surface area contributed by atoms with Crippen LogP contribution >= 0.6 is 0 Å². The van der Waals surface area contributed by atoms with Gasteiger partial charge in [-0.3, -0.25) is 0 Å². The minimum Gasteiger partial charge on any atom is -0.480 e. The van der Waals surface area contributed by atoms with E-state index in [0.717, 1.165) is 6.42 Å². The minimum atomic E-state index is -0.855. The second-order valence-electron chi connectivity index (χ2n) is 4.82. The number of aliphatic carboxylic acids is 1. The average molecular weight is 255 g/mol. The van der Waals surface area contributed by atoms with Gasteiger partial charge in [-0.1, -0.05) is 13.8 Å². The van der Waals surface area contributed by atoms with Crippen LogP contribution in [0.3, 0.4) is 0 Å². The highest BCUT2D eigenvalue weighted by molar-refractivity contribution is 5.71. The van der Waals surface area contributed by atoms with Crippen LogP contribution in [0, 0.1) is 5.92 Å². The van der Waals surface area contributed by atoms with Crippen molar-refractivity contribution in [2.75, 3.05) is 6.61 Å². The summed E-state index contributed by atoms with van der Waals surface area (Å²) in [4.78, 5) is 11.3. The van der Waals surface area contributed by atoms with Crippen LogP contribution in [0.2, 0.25) is 0 Å². The van der Waals surface area contributed by atoms with Gasteiger partial charge in [0.25, 0.3) is 0 Å². The molecular formula is C12H21N3O3. The molecule has 1 aromatic rings. The fraction of sp³-hybridized carbons (Fsp3) is 0.750. The largest absolute Gasteiger partial charge is 0.480 e. The standard InChI is InChI=1S/C12H21N3O3/c1-9(2)7-10(12(17)18)15-8-13-14-11(15)5-3-4-6-16/h8-10,16H,3-7H2,1-2H3,(H,17,18). The van der Waals surface area contributed by atoms with E-state index < -0.39 is 12.0 Å². The van der Waals surface area contributed by atoms with Crippen LogP contribution in [0.1, 0.15) is 45.0 Å². The molecule has 1 aromatic heterocycles. The number of carbonyl (C=O) groups is 1. The van der Waals surface area contributed by atoms with Gasteiger partial charge in [-0.2, -0.15) is 0 Å². The lowest BCUT2D eigenvalue weighted by molar-refractivity contribution is -0.141. The summed E-state index contributed by atoms with van der Waals surface area (Å²) < 4.78 is 1.64.